The molecule has 12 aromatic rings. The van der Waals surface area contributed by atoms with Gasteiger partial charge in [0.25, 0.3) is 0 Å². The molecule has 0 bridgehead atoms. The third-order valence-electron chi connectivity index (χ3n) is 11.3. The van der Waals surface area contributed by atoms with Crippen LogP contribution in [0.3, 0.4) is 0 Å². The highest BCUT2D eigenvalue weighted by Gasteiger charge is 2.24. The molecule has 0 atom stereocenters. The van der Waals surface area contributed by atoms with E-state index in [1.165, 1.54) is 10.8 Å². The summed E-state index contributed by atoms with van der Waals surface area (Å²) in [5.74, 6) is 0.690. The first-order valence-corrected chi connectivity index (χ1v) is 19.3. The van der Waals surface area contributed by atoms with Crippen LogP contribution in [0.1, 0.15) is 0 Å². The monoisotopic (exact) mass is 728 g/mol. The van der Waals surface area contributed by atoms with Crippen molar-refractivity contribution in [3.63, 3.8) is 0 Å². The van der Waals surface area contributed by atoms with Gasteiger partial charge in [-0.2, -0.15) is 0 Å². The van der Waals surface area contributed by atoms with Crippen LogP contribution in [-0.4, -0.2) is 19.1 Å². The second-order valence-electron chi connectivity index (χ2n) is 14.6. The predicted molar refractivity (Wildman–Crippen MR) is 234 cm³/mol. The number of rotatable bonds is 5. The number of para-hydroxylation sites is 3. The molecule has 12 rings (SSSR count). The Morgan fingerprint density at radius 3 is 1.63 bits per heavy atom. The summed E-state index contributed by atoms with van der Waals surface area (Å²) in [4.78, 5) is 10.2. The van der Waals surface area contributed by atoms with Gasteiger partial charge in [-0.1, -0.05) is 115 Å². The smallest absolute Gasteiger partial charge is 0.160 e. The van der Waals surface area contributed by atoms with E-state index in [4.69, 9.17) is 14.4 Å². The molecule has 5 nitrogen and oxygen atoms in total. The molecular weight excluding hydrogens is 697 g/mol. The first kappa shape index (κ1) is 31.6. The minimum atomic E-state index is 0.690. The first-order valence-electron chi connectivity index (χ1n) is 19.3. The van der Waals surface area contributed by atoms with Gasteiger partial charge in [0.15, 0.2) is 5.82 Å². The lowest BCUT2D eigenvalue weighted by atomic mass is 10.1. The van der Waals surface area contributed by atoms with Gasteiger partial charge in [-0.15, -0.1) is 0 Å². The van der Waals surface area contributed by atoms with E-state index in [9.17, 15) is 0 Å². The van der Waals surface area contributed by atoms with Gasteiger partial charge in [0.1, 0.15) is 11.2 Å². The molecule has 0 radical (unpaired) electrons. The quantitative estimate of drug-likeness (QED) is 0.177. The lowest BCUT2D eigenvalue weighted by molar-refractivity contribution is 0.673. The summed E-state index contributed by atoms with van der Waals surface area (Å²) < 4.78 is 11.5. The molecule has 4 aromatic heterocycles. The molecule has 8 aromatic carbocycles. The van der Waals surface area contributed by atoms with Crippen molar-refractivity contribution < 1.29 is 4.42 Å². The fraction of sp³-hybridized carbons (Fsp3) is 0. The molecule has 5 heteroatoms. The molecule has 0 amide bonds. The largest absolute Gasteiger partial charge is 0.455 e. The van der Waals surface area contributed by atoms with Crippen LogP contribution in [0.25, 0.3) is 111 Å². The first-order chi connectivity index (χ1) is 28.3. The molecule has 0 unspecified atom stereocenters. The second-order valence-corrected chi connectivity index (χ2v) is 14.6. The predicted octanol–water partition coefficient (Wildman–Crippen LogP) is 13.6. The van der Waals surface area contributed by atoms with Crippen molar-refractivity contribution in [2.24, 2.45) is 0 Å². The van der Waals surface area contributed by atoms with Crippen molar-refractivity contribution in [1.29, 1.82) is 0 Å². The Labute approximate surface area is 327 Å². The number of benzene rings is 8. The minimum absolute atomic E-state index is 0.690. The highest BCUT2D eigenvalue weighted by molar-refractivity contribution is 6.31. The number of hydrogen-bond donors (Lipinski definition) is 0. The van der Waals surface area contributed by atoms with E-state index < -0.39 is 0 Å². The Hall–Kier alpha value is -7.76. The fourth-order valence-electron chi connectivity index (χ4n) is 8.79. The van der Waals surface area contributed by atoms with Crippen molar-refractivity contribution in [1.82, 2.24) is 19.1 Å². The van der Waals surface area contributed by atoms with Crippen LogP contribution in [0.2, 0.25) is 0 Å². The van der Waals surface area contributed by atoms with Gasteiger partial charge in [0.2, 0.25) is 0 Å². The van der Waals surface area contributed by atoms with E-state index in [1.807, 2.05) is 42.5 Å². The molecule has 0 N–H and O–H groups in total. The van der Waals surface area contributed by atoms with E-state index in [0.29, 0.717) is 5.82 Å². The van der Waals surface area contributed by atoms with Crippen molar-refractivity contribution in [3.05, 3.63) is 194 Å². The summed E-state index contributed by atoms with van der Waals surface area (Å²) in [7, 11) is 0. The Kier molecular flexibility index (Phi) is 6.86. The van der Waals surface area contributed by atoms with Crippen LogP contribution in [0.4, 0.5) is 0 Å². The Morgan fingerprint density at radius 2 is 0.930 bits per heavy atom. The second kappa shape index (κ2) is 12.4. The summed E-state index contributed by atoms with van der Waals surface area (Å²) >= 11 is 0. The van der Waals surface area contributed by atoms with E-state index in [-0.39, 0.29) is 0 Å². The molecule has 0 aliphatic heterocycles. The standard InChI is InChI=1S/C52H32N4O/c1-4-14-33(15-5-1)42-32-43(34-16-6-2-7-17-34)54-52(53-42)35-24-26-37(27-25-35)55-44-22-12-10-21-40(44)48-45(55)31-29-41-49-46(56(50(41)48)36-18-8-3-9-19-36)30-28-39-38-20-11-13-23-47(38)57-51(39)49/h1-32H. The molecule has 266 valence electrons. The topological polar surface area (TPSA) is 48.8 Å². The number of furan rings is 1. The van der Waals surface area contributed by atoms with Crippen molar-refractivity contribution >= 4 is 65.6 Å². The Balaban J connectivity index is 1.09. The summed E-state index contributed by atoms with van der Waals surface area (Å²) in [6, 6.07) is 68.2. The summed E-state index contributed by atoms with van der Waals surface area (Å²) in [6.07, 6.45) is 0. The minimum Gasteiger partial charge on any atom is -0.455 e. The van der Waals surface area contributed by atoms with E-state index in [1.54, 1.807) is 0 Å². The van der Waals surface area contributed by atoms with Crippen LogP contribution in [0.15, 0.2) is 199 Å². The molecular formula is C52H32N4O. The van der Waals surface area contributed by atoms with Crippen molar-refractivity contribution in [2.45, 2.75) is 0 Å². The average molecular weight is 729 g/mol. The van der Waals surface area contributed by atoms with Gasteiger partial charge in [0.05, 0.1) is 38.8 Å². The van der Waals surface area contributed by atoms with Crippen LogP contribution in [0.5, 0.6) is 0 Å². The van der Waals surface area contributed by atoms with Gasteiger partial charge in [-0.25, -0.2) is 9.97 Å². The number of nitrogens with zero attached hydrogens (tertiary/aromatic N) is 4. The SMILES string of the molecule is c1ccc(-c2cc(-c3ccccc3)nc(-c3ccc(-n4c5ccccc5c5c4ccc4c6c7oc8ccccc8c7ccc6n(-c6ccccc6)c45)cc3)n2)cc1. The van der Waals surface area contributed by atoms with Gasteiger partial charge in [-0.05, 0) is 78.9 Å². The number of fused-ring (bicyclic) bond motifs is 11. The molecule has 0 saturated carbocycles. The van der Waals surface area contributed by atoms with Crippen LogP contribution in [0, 0.1) is 0 Å². The molecule has 4 heterocycles. The van der Waals surface area contributed by atoms with Crippen LogP contribution in [-0.2, 0) is 0 Å². The van der Waals surface area contributed by atoms with E-state index >= 15 is 0 Å². The molecule has 0 aliphatic rings. The maximum Gasteiger partial charge on any atom is 0.160 e. The van der Waals surface area contributed by atoms with Crippen LogP contribution >= 0.6 is 0 Å². The molecule has 57 heavy (non-hydrogen) atoms. The van der Waals surface area contributed by atoms with Gasteiger partial charge in [0, 0.05) is 55.0 Å². The van der Waals surface area contributed by atoms with E-state index in [2.05, 4.69) is 161 Å². The molecule has 0 saturated heterocycles. The highest BCUT2D eigenvalue weighted by Crippen LogP contribution is 2.45. The lowest BCUT2D eigenvalue weighted by Gasteiger charge is -2.12. The average Bonchev–Trinajstić information content (AvgIpc) is 3.95. The summed E-state index contributed by atoms with van der Waals surface area (Å²) in [5, 5.41) is 6.93. The summed E-state index contributed by atoms with van der Waals surface area (Å²) in [5.41, 5.74) is 13.4. The summed E-state index contributed by atoms with van der Waals surface area (Å²) in [6.45, 7) is 0. The van der Waals surface area contributed by atoms with Gasteiger partial charge in [-0.3, -0.25) is 0 Å². The Bertz CT molecular complexity index is 3430. The normalized spacial score (nSPS) is 11.9. The zero-order chi connectivity index (χ0) is 37.5. The maximum absolute atomic E-state index is 6.68. The lowest BCUT2D eigenvalue weighted by Crippen LogP contribution is -1.97. The molecule has 0 spiro atoms. The Morgan fingerprint density at radius 1 is 0.368 bits per heavy atom. The van der Waals surface area contributed by atoms with Crippen molar-refractivity contribution in [2.75, 3.05) is 0 Å². The van der Waals surface area contributed by atoms with Gasteiger partial charge < -0.3 is 13.6 Å². The third-order valence-corrected chi connectivity index (χ3v) is 11.3. The van der Waals surface area contributed by atoms with Crippen LogP contribution < -0.4 is 0 Å². The maximum atomic E-state index is 6.68. The number of aromatic nitrogens is 4. The van der Waals surface area contributed by atoms with E-state index in [0.717, 1.165) is 94.2 Å². The van der Waals surface area contributed by atoms with Gasteiger partial charge >= 0.3 is 0 Å². The third kappa shape index (κ3) is 4.82. The fourth-order valence-corrected chi connectivity index (χ4v) is 8.79. The zero-order valence-corrected chi connectivity index (χ0v) is 30.7. The zero-order valence-electron chi connectivity index (χ0n) is 30.7. The molecule has 0 fully saturated rings. The number of hydrogen-bond acceptors (Lipinski definition) is 3. The molecule has 0 aliphatic carbocycles. The highest BCUT2D eigenvalue weighted by atomic mass is 16.3. The van der Waals surface area contributed by atoms with Crippen molar-refractivity contribution in [3.8, 4) is 45.3 Å².